The average Bonchev–Trinajstić information content (AvgIpc) is 2.29. The van der Waals surface area contributed by atoms with Crippen LogP contribution in [0.3, 0.4) is 0 Å². The molecule has 4 heteroatoms. The predicted molar refractivity (Wildman–Crippen MR) is 74.5 cm³/mol. The Morgan fingerprint density at radius 1 is 1.39 bits per heavy atom. The number of halogens is 1. The van der Waals surface area contributed by atoms with E-state index in [0.717, 1.165) is 25.1 Å². The Kier molecular flexibility index (Phi) is 5.75. The van der Waals surface area contributed by atoms with E-state index in [1.165, 1.54) is 6.07 Å². The molecule has 18 heavy (non-hydrogen) atoms. The van der Waals surface area contributed by atoms with Crippen molar-refractivity contribution in [3.63, 3.8) is 0 Å². The smallest absolute Gasteiger partial charge is 0.167 e. The van der Waals surface area contributed by atoms with Gasteiger partial charge in [-0.1, -0.05) is 13.8 Å². The van der Waals surface area contributed by atoms with Crippen LogP contribution in [-0.4, -0.2) is 13.2 Å². The van der Waals surface area contributed by atoms with Crippen molar-refractivity contribution in [2.75, 3.05) is 24.2 Å². The van der Waals surface area contributed by atoms with Gasteiger partial charge in [-0.25, -0.2) is 4.39 Å². The lowest BCUT2D eigenvalue weighted by molar-refractivity contribution is 0.322. The summed E-state index contributed by atoms with van der Waals surface area (Å²) in [7, 11) is 0. The first-order valence-electron chi connectivity index (χ1n) is 6.50. The van der Waals surface area contributed by atoms with Gasteiger partial charge in [0.1, 0.15) is 0 Å². The van der Waals surface area contributed by atoms with Gasteiger partial charge < -0.3 is 15.8 Å². The maximum absolute atomic E-state index is 13.5. The molecule has 0 radical (unpaired) electrons. The van der Waals surface area contributed by atoms with Crippen LogP contribution in [0.15, 0.2) is 12.1 Å². The quantitative estimate of drug-likeness (QED) is 0.576. The molecule has 1 rings (SSSR count). The summed E-state index contributed by atoms with van der Waals surface area (Å²) in [6, 6.07) is 2.93. The largest absolute Gasteiger partial charge is 0.491 e. The van der Waals surface area contributed by atoms with Crippen LogP contribution in [0.1, 0.15) is 33.6 Å². The minimum Gasteiger partial charge on any atom is -0.491 e. The summed E-state index contributed by atoms with van der Waals surface area (Å²) in [5.74, 6) is 0.525. The number of anilines is 2. The van der Waals surface area contributed by atoms with Crippen molar-refractivity contribution in [1.82, 2.24) is 0 Å². The van der Waals surface area contributed by atoms with Gasteiger partial charge in [-0.3, -0.25) is 0 Å². The van der Waals surface area contributed by atoms with E-state index >= 15 is 0 Å². The van der Waals surface area contributed by atoms with Gasteiger partial charge in [0.05, 0.1) is 18.0 Å². The molecular formula is C14H23FN2O. The number of ether oxygens (including phenoxy) is 1. The summed E-state index contributed by atoms with van der Waals surface area (Å²) in [4.78, 5) is 0. The SMILES string of the molecule is CCOc1cc(NCCCC(C)C)c(N)cc1F. The molecule has 0 aliphatic rings. The number of nitrogens with one attached hydrogen (secondary N) is 1. The molecule has 3 nitrogen and oxygen atoms in total. The first-order chi connectivity index (χ1) is 8.54. The van der Waals surface area contributed by atoms with Crippen LogP contribution in [0.4, 0.5) is 15.8 Å². The number of hydrogen-bond donors (Lipinski definition) is 2. The van der Waals surface area contributed by atoms with E-state index in [9.17, 15) is 4.39 Å². The average molecular weight is 254 g/mol. The molecule has 3 N–H and O–H groups in total. The third-order valence-electron chi connectivity index (χ3n) is 2.68. The number of nitrogens with two attached hydrogens (primary N) is 1. The zero-order valence-corrected chi connectivity index (χ0v) is 11.4. The molecule has 102 valence electrons. The molecule has 0 atom stereocenters. The molecule has 0 fully saturated rings. The maximum Gasteiger partial charge on any atom is 0.167 e. The first-order valence-corrected chi connectivity index (χ1v) is 6.50. The van der Waals surface area contributed by atoms with Crippen LogP contribution in [-0.2, 0) is 0 Å². The van der Waals surface area contributed by atoms with Gasteiger partial charge in [-0.2, -0.15) is 0 Å². The van der Waals surface area contributed by atoms with E-state index in [0.29, 0.717) is 18.2 Å². The molecule has 1 aromatic carbocycles. The van der Waals surface area contributed by atoms with E-state index in [4.69, 9.17) is 10.5 Å². The van der Waals surface area contributed by atoms with Crippen molar-refractivity contribution >= 4 is 11.4 Å². The van der Waals surface area contributed by atoms with Crippen LogP contribution in [0, 0.1) is 11.7 Å². The predicted octanol–water partition coefficient (Wildman–Crippen LogP) is 3.65. The molecule has 0 amide bonds. The molecule has 0 aromatic heterocycles. The van der Waals surface area contributed by atoms with Crippen LogP contribution in [0.5, 0.6) is 5.75 Å². The van der Waals surface area contributed by atoms with E-state index in [1.807, 2.05) is 6.92 Å². The van der Waals surface area contributed by atoms with Gasteiger partial charge >= 0.3 is 0 Å². The Balaban J connectivity index is 2.61. The topological polar surface area (TPSA) is 47.3 Å². The van der Waals surface area contributed by atoms with E-state index in [-0.39, 0.29) is 5.75 Å². The molecule has 0 saturated heterocycles. The molecule has 0 aliphatic heterocycles. The highest BCUT2D eigenvalue weighted by molar-refractivity contribution is 5.68. The molecule has 0 saturated carbocycles. The molecule has 0 spiro atoms. The normalized spacial score (nSPS) is 10.7. The molecule has 0 aliphatic carbocycles. The second-order valence-corrected chi connectivity index (χ2v) is 4.77. The zero-order valence-electron chi connectivity index (χ0n) is 11.4. The molecule has 0 unspecified atom stereocenters. The van der Waals surface area contributed by atoms with Crippen molar-refractivity contribution in [2.45, 2.75) is 33.6 Å². The number of benzene rings is 1. The van der Waals surface area contributed by atoms with E-state index in [2.05, 4.69) is 19.2 Å². The molecule has 0 heterocycles. The highest BCUT2D eigenvalue weighted by Gasteiger charge is 2.08. The van der Waals surface area contributed by atoms with Gasteiger partial charge in [-0.15, -0.1) is 0 Å². The Morgan fingerprint density at radius 3 is 2.72 bits per heavy atom. The minimum atomic E-state index is -0.415. The van der Waals surface area contributed by atoms with Crippen LogP contribution < -0.4 is 15.8 Å². The van der Waals surface area contributed by atoms with Crippen molar-refractivity contribution in [3.05, 3.63) is 17.9 Å². The van der Waals surface area contributed by atoms with Gasteiger partial charge in [-0.05, 0) is 25.7 Å². The van der Waals surface area contributed by atoms with Crippen molar-refractivity contribution in [1.29, 1.82) is 0 Å². The fourth-order valence-corrected chi connectivity index (χ4v) is 1.72. The standard InChI is InChI=1S/C14H23FN2O/c1-4-18-14-9-13(12(16)8-11(14)15)17-7-5-6-10(2)3/h8-10,17H,4-7,16H2,1-3H3. The van der Waals surface area contributed by atoms with Crippen LogP contribution in [0.25, 0.3) is 0 Å². The lowest BCUT2D eigenvalue weighted by Crippen LogP contribution is -2.06. The van der Waals surface area contributed by atoms with Crippen molar-refractivity contribution in [3.8, 4) is 5.75 Å². The second kappa shape index (κ2) is 7.09. The monoisotopic (exact) mass is 254 g/mol. The number of nitrogen functional groups attached to an aromatic ring is 1. The molecule has 0 bridgehead atoms. The van der Waals surface area contributed by atoms with Crippen molar-refractivity contribution < 1.29 is 9.13 Å². The summed E-state index contributed by atoms with van der Waals surface area (Å²) >= 11 is 0. The van der Waals surface area contributed by atoms with Crippen LogP contribution in [0.2, 0.25) is 0 Å². The highest BCUT2D eigenvalue weighted by atomic mass is 19.1. The lowest BCUT2D eigenvalue weighted by Gasteiger charge is -2.13. The number of rotatable bonds is 7. The first kappa shape index (κ1) is 14.6. The second-order valence-electron chi connectivity index (χ2n) is 4.77. The Bertz CT molecular complexity index is 380. The Labute approximate surface area is 109 Å². The zero-order chi connectivity index (χ0) is 13.5. The fraction of sp³-hybridized carbons (Fsp3) is 0.571. The third-order valence-corrected chi connectivity index (χ3v) is 2.68. The van der Waals surface area contributed by atoms with Crippen LogP contribution >= 0.6 is 0 Å². The third kappa shape index (κ3) is 4.43. The molecule has 1 aromatic rings. The van der Waals surface area contributed by atoms with Gasteiger partial charge in [0.15, 0.2) is 11.6 Å². The molecular weight excluding hydrogens is 231 g/mol. The maximum atomic E-state index is 13.5. The van der Waals surface area contributed by atoms with E-state index in [1.54, 1.807) is 6.07 Å². The highest BCUT2D eigenvalue weighted by Crippen LogP contribution is 2.28. The summed E-state index contributed by atoms with van der Waals surface area (Å²) in [5.41, 5.74) is 6.93. The summed E-state index contributed by atoms with van der Waals surface area (Å²) in [6.07, 6.45) is 2.23. The van der Waals surface area contributed by atoms with Gasteiger partial charge in [0.25, 0.3) is 0 Å². The lowest BCUT2D eigenvalue weighted by atomic mass is 10.1. The summed E-state index contributed by atoms with van der Waals surface area (Å²) < 4.78 is 18.7. The fourth-order valence-electron chi connectivity index (χ4n) is 1.72. The van der Waals surface area contributed by atoms with Gasteiger partial charge in [0, 0.05) is 18.7 Å². The van der Waals surface area contributed by atoms with Crippen molar-refractivity contribution in [2.24, 2.45) is 5.92 Å². The van der Waals surface area contributed by atoms with E-state index < -0.39 is 5.82 Å². The van der Waals surface area contributed by atoms with Gasteiger partial charge in [0.2, 0.25) is 0 Å². The summed E-state index contributed by atoms with van der Waals surface area (Å²) in [5, 5.41) is 3.22. The Morgan fingerprint density at radius 2 is 2.11 bits per heavy atom. The number of hydrogen-bond acceptors (Lipinski definition) is 3. The Hall–Kier alpha value is -1.45. The summed E-state index contributed by atoms with van der Waals surface area (Å²) in [6.45, 7) is 7.48. The minimum absolute atomic E-state index is 0.248.